The average molecular weight is 286 g/mol. The van der Waals surface area contributed by atoms with Gasteiger partial charge in [-0.2, -0.15) is 0 Å². The number of ether oxygens (including phenoxy) is 1. The van der Waals surface area contributed by atoms with Crippen LogP contribution < -0.4 is 10.1 Å². The lowest BCUT2D eigenvalue weighted by atomic mass is 10.1. The van der Waals surface area contributed by atoms with Crippen molar-refractivity contribution in [2.45, 2.75) is 38.8 Å². The van der Waals surface area contributed by atoms with Crippen molar-refractivity contribution in [3.05, 3.63) is 53.5 Å². The fraction of sp³-hybridized carbons (Fsp3) is 0.353. The Balaban J connectivity index is 1.79. The third kappa shape index (κ3) is 3.39. The number of rotatable bonds is 6. The molecule has 1 aliphatic carbocycles. The molecule has 0 bridgehead atoms. The zero-order chi connectivity index (χ0) is 14.7. The van der Waals surface area contributed by atoms with Crippen LogP contribution in [0.5, 0.6) is 11.6 Å². The highest BCUT2D eigenvalue weighted by Gasteiger charge is 2.21. The molecule has 0 aliphatic heterocycles. The number of nitrogens with one attached hydrogen (secondary N) is 1. The molecule has 1 N–H and O–H groups in total. The van der Waals surface area contributed by atoms with Crippen molar-refractivity contribution < 1.29 is 9.13 Å². The monoisotopic (exact) mass is 286 g/mol. The lowest BCUT2D eigenvalue weighted by molar-refractivity contribution is 0.414. The van der Waals surface area contributed by atoms with E-state index in [-0.39, 0.29) is 11.7 Å². The van der Waals surface area contributed by atoms with Crippen molar-refractivity contribution in [2.75, 3.05) is 0 Å². The van der Waals surface area contributed by atoms with Crippen LogP contribution in [0.3, 0.4) is 0 Å². The number of hydrogen-bond acceptors (Lipinski definition) is 3. The Morgan fingerprint density at radius 3 is 2.81 bits per heavy atom. The number of benzene rings is 1. The number of hydrogen-bond donors (Lipinski definition) is 1. The maximum atomic E-state index is 14.4. The first kappa shape index (κ1) is 14.0. The molecule has 3 rings (SSSR count). The highest BCUT2D eigenvalue weighted by atomic mass is 19.1. The van der Waals surface area contributed by atoms with Crippen LogP contribution in [0.4, 0.5) is 4.39 Å². The Labute approximate surface area is 124 Å². The standard InChI is InChI=1S/C17H19FN2O/c1-2-12-5-3-4-6-15(12)21-17-16(18)13(9-10-19-17)11-20-14-7-8-14/h3-6,9-10,14,20H,2,7-8,11H2,1H3. The van der Waals surface area contributed by atoms with Gasteiger partial charge in [-0.1, -0.05) is 25.1 Å². The van der Waals surface area contributed by atoms with E-state index in [9.17, 15) is 4.39 Å². The van der Waals surface area contributed by atoms with E-state index in [0.29, 0.717) is 23.9 Å². The van der Waals surface area contributed by atoms with Crippen molar-refractivity contribution >= 4 is 0 Å². The third-order valence-electron chi connectivity index (χ3n) is 3.66. The van der Waals surface area contributed by atoms with Gasteiger partial charge in [-0.05, 0) is 37.0 Å². The van der Waals surface area contributed by atoms with Gasteiger partial charge in [-0.3, -0.25) is 0 Å². The molecule has 0 spiro atoms. The van der Waals surface area contributed by atoms with E-state index in [1.807, 2.05) is 31.2 Å². The Kier molecular flexibility index (Phi) is 4.15. The minimum atomic E-state index is -0.378. The van der Waals surface area contributed by atoms with E-state index in [1.54, 1.807) is 12.3 Å². The normalized spacial score (nSPS) is 14.2. The minimum absolute atomic E-state index is 0.0472. The highest BCUT2D eigenvalue weighted by Crippen LogP contribution is 2.28. The molecule has 0 saturated heterocycles. The second kappa shape index (κ2) is 6.22. The zero-order valence-electron chi connectivity index (χ0n) is 12.1. The van der Waals surface area contributed by atoms with Crippen LogP contribution in [-0.2, 0) is 13.0 Å². The Morgan fingerprint density at radius 1 is 1.24 bits per heavy atom. The number of aromatic nitrogens is 1. The van der Waals surface area contributed by atoms with Crippen molar-refractivity contribution in [1.29, 1.82) is 0 Å². The van der Waals surface area contributed by atoms with E-state index in [0.717, 1.165) is 12.0 Å². The van der Waals surface area contributed by atoms with Crippen LogP contribution in [0, 0.1) is 5.82 Å². The van der Waals surface area contributed by atoms with Crippen LogP contribution >= 0.6 is 0 Å². The van der Waals surface area contributed by atoms with Crippen molar-refractivity contribution in [3.63, 3.8) is 0 Å². The van der Waals surface area contributed by atoms with Crippen LogP contribution in [-0.4, -0.2) is 11.0 Å². The van der Waals surface area contributed by atoms with Gasteiger partial charge in [0.05, 0.1) is 0 Å². The molecule has 0 radical (unpaired) electrons. The van der Waals surface area contributed by atoms with Crippen molar-refractivity contribution in [2.24, 2.45) is 0 Å². The van der Waals surface area contributed by atoms with Gasteiger partial charge in [0.25, 0.3) is 5.88 Å². The quantitative estimate of drug-likeness (QED) is 0.876. The molecule has 0 unspecified atom stereocenters. The smallest absolute Gasteiger partial charge is 0.256 e. The molecule has 1 saturated carbocycles. The molecule has 1 aliphatic rings. The predicted octanol–water partition coefficient (Wildman–Crippen LogP) is 3.83. The molecule has 21 heavy (non-hydrogen) atoms. The first-order valence-corrected chi connectivity index (χ1v) is 7.40. The second-order valence-corrected chi connectivity index (χ2v) is 5.31. The van der Waals surface area contributed by atoms with Gasteiger partial charge in [0.1, 0.15) is 5.75 Å². The van der Waals surface area contributed by atoms with E-state index >= 15 is 0 Å². The third-order valence-corrected chi connectivity index (χ3v) is 3.66. The van der Waals surface area contributed by atoms with Crippen LogP contribution in [0.25, 0.3) is 0 Å². The van der Waals surface area contributed by atoms with E-state index in [1.165, 1.54) is 12.8 Å². The maximum Gasteiger partial charge on any atom is 0.256 e. The van der Waals surface area contributed by atoms with Gasteiger partial charge in [-0.15, -0.1) is 0 Å². The summed E-state index contributed by atoms with van der Waals surface area (Å²) in [6.45, 7) is 2.56. The average Bonchev–Trinajstić information content (AvgIpc) is 3.33. The summed E-state index contributed by atoms with van der Waals surface area (Å²) in [7, 11) is 0. The van der Waals surface area contributed by atoms with E-state index in [2.05, 4.69) is 10.3 Å². The number of aryl methyl sites for hydroxylation is 1. The van der Waals surface area contributed by atoms with Crippen LogP contribution in [0.1, 0.15) is 30.9 Å². The van der Waals surface area contributed by atoms with Crippen molar-refractivity contribution in [1.82, 2.24) is 10.3 Å². The summed E-state index contributed by atoms with van der Waals surface area (Å²) in [5, 5.41) is 3.30. The molecule has 2 aromatic rings. The fourth-order valence-corrected chi connectivity index (χ4v) is 2.21. The lowest BCUT2D eigenvalue weighted by Crippen LogP contribution is -2.16. The minimum Gasteiger partial charge on any atom is -0.436 e. The molecule has 1 heterocycles. The van der Waals surface area contributed by atoms with Gasteiger partial charge >= 0.3 is 0 Å². The molecule has 0 atom stereocenters. The van der Waals surface area contributed by atoms with Gasteiger partial charge in [0, 0.05) is 24.3 Å². The zero-order valence-corrected chi connectivity index (χ0v) is 12.1. The molecule has 110 valence electrons. The van der Waals surface area contributed by atoms with Gasteiger partial charge in [0.15, 0.2) is 5.82 Å². The van der Waals surface area contributed by atoms with Crippen LogP contribution in [0.2, 0.25) is 0 Å². The first-order chi connectivity index (χ1) is 10.3. The molecule has 3 nitrogen and oxygen atoms in total. The molecule has 4 heteroatoms. The molecule has 1 aromatic heterocycles. The summed E-state index contributed by atoms with van der Waals surface area (Å²) in [4.78, 5) is 4.03. The summed E-state index contributed by atoms with van der Waals surface area (Å²) in [6.07, 6.45) is 4.79. The maximum absolute atomic E-state index is 14.4. The Hall–Kier alpha value is -1.94. The topological polar surface area (TPSA) is 34.1 Å². The van der Waals surface area contributed by atoms with Gasteiger partial charge < -0.3 is 10.1 Å². The summed E-state index contributed by atoms with van der Waals surface area (Å²) in [6, 6.07) is 9.89. The summed E-state index contributed by atoms with van der Waals surface area (Å²) < 4.78 is 20.1. The van der Waals surface area contributed by atoms with Crippen LogP contribution in [0.15, 0.2) is 36.5 Å². The summed E-state index contributed by atoms with van der Waals surface area (Å²) >= 11 is 0. The lowest BCUT2D eigenvalue weighted by Gasteiger charge is -2.11. The van der Waals surface area contributed by atoms with Gasteiger partial charge in [-0.25, -0.2) is 9.37 Å². The molecule has 1 fully saturated rings. The Morgan fingerprint density at radius 2 is 2.05 bits per heavy atom. The largest absolute Gasteiger partial charge is 0.436 e. The van der Waals surface area contributed by atoms with E-state index < -0.39 is 0 Å². The summed E-state index contributed by atoms with van der Waals surface area (Å²) in [5.41, 5.74) is 1.64. The highest BCUT2D eigenvalue weighted by molar-refractivity contribution is 5.37. The molecule has 1 aromatic carbocycles. The molecular weight excluding hydrogens is 267 g/mol. The van der Waals surface area contributed by atoms with Crippen molar-refractivity contribution in [3.8, 4) is 11.6 Å². The Bertz CT molecular complexity index is 626. The second-order valence-electron chi connectivity index (χ2n) is 5.31. The SMILES string of the molecule is CCc1ccccc1Oc1nccc(CNC2CC2)c1F. The molecule has 0 amide bonds. The fourth-order valence-electron chi connectivity index (χ4n) is 2.21. The number of pyridine rings is 1. The number of nitrogens with zero attached hydrogens (tertiary/aromatic N) is 1. The summed E-state index contributed by atoms with van der Waals surface area (Å²) in [5.74, 6) is 0.334. The first-order valence-electron chi connectivity index (χ1n) is 7.40. The van der Waals surface area contributed by atoms with E-state index in [4.69, 9.17) is 4.74 Å². The number of para-hydroxylation sites is 1. The number of halogens is 1. The molecular formula is C17H19FN2O. The predicted molar refractivity (Wildman–Crippen MR) is 80.0 cm³/mol. The van der Waals surface area contributed by atoms with Gasteiger partial charge in [0.2, 0.25) is 0 Å².